The summed E-state index contributed by atoms with van der Waals surface area (Å²) in [5, 5.41) is 5.75. The molecular formula is C20H22F4N2O. The van der Waals surface area contributed by atoms with Gasteiger partial charge in [0.15, 0.2) is 0 Å². The molecular weight excluding hydrogens is 360 g/mol. The molecule has 27 heavy (non-hydrogen) atoms. The predicted octanol–water partition coefficient (Wildman–Crippen LogP) is 4.70. The van der Waals surface area contributed by atoms with Gasteiger partial charge in [0.25, 0.3) is 5.91 Å². The molecule has 0 aromatic heterocycles. The lowest BCUT2D eigenvalue weighted by atomic mass is 9.91. The van der Waals surface area contributed by atoms with E-state index >= 15 is 0 Å². The molecule has 2 unspecified atom stereocenters. The first-order valence-corrected chi connectivity index (χ1v) is 8.67. The van der Waals surface area contributed by atoms with E-state index in [0.29, 0.717) is 6.42 Å². The molecule has 0 aliphatic rings. The summed E-state index contributed by atoms with van der Waals surface area (Å²) in [6.45, 7) is 1.98. The van der Waals surface area contributed by atoms with Gasteiger partial charge < -0.3 is 5.32 Å². The minimum absolute atomic E-state index is 0.0700. The zero-order chi connectivity index (χ0) is 20.0. The first-order chi connectivity index (χ1) is 12.8. The molecule has 0 saturated heterocycles. The first kappa shape index (κ1) is 20.9. The van der Waals surface area contributed by atoms with Crippen molar-refractivity contribution >= 4 is 5.91 Å². The predicted molar refractivity (Wildman–Crippen MR) is 95.8 cm³/mol. The minimum atomic E-state index is -4.52. The Balaban J connectivity index is 2.23. The maximum absolute atomic E-state index is 13.2. The van der Waals surface area contributed by atoms with Gasteiger partial charge in [-0.25, -0.2) is 4.39 Å². The number of benzene rings is 2. The van der Waals surface area contributed by atoms with Crippen molar-refractivity contribution in [3.63, 3.8) is 0 Å². The van der Waals surface area contributed by atoms with Gasteiger partial charge in [-0.3, -0.25) is 10.1 Å². The average Bonchev–Trinajstić information content (AvgIpc) is 2.64. The number of halogens is 4. The van der Waals surface area contributed by atoms with Gasteiger partial charge in [0.2, 0.25) is 0 Å². The Hall–Kier alpha value is -2.41. The van der Waals surface area contributed by atoms with Crippen LogP contribution in [0.25, 0.3) is 0 Å². The second kappa shape index (κ2) is 8.99. The number of alkyl halides is 3. The van der Waals surface area contributed by atoms with E-state index < -0.39 is 23.8 Å². The SMILES string of the molecule is CCCC(c1ccc(F)cc1)C(NC)NC(=O)c1cccc(C(F)(F)F)c1. The third-order valence-electron chi connectivity index (χ3n) is 4.35. The summed E-state index contributed by atoms with van der Waals surface area (Å²) in [6.07, 6.45) is -3.51. The Morgan fingerprint density at radius 2 is 1.78 bits per heavy atom. The molecule has 0 aliphatic heterocycles. The molecule has 0 bridgehead atoms. The Morgan fingerprint density at radius 3 is 2.33 bits per heavy atom. The summed E-state index contributed by atoms with van der Waals surface area (Å²) >= 11 is 0. The van der Waals surface area contributed by atoms with Crippen LogP contribution in [0.1, 0.15) is 47.2 Å². The van der Waals surface area contributed by atoms with Gasteiger partial charge in [0.05, 0.1) is 11.7 Å². The number of amides is 1. The second-order valence-electron chi connectivity index (χ2n) is 6.27. The van der Waals surface area contributed by atoms with Crippen LogP contribution in [0.3, 0.4) is 0 Å². The lowest BCUT2D eigenvalue weighted by Crippen LogP contribution is -2.47. The molecule has 7 heteroatoms. The van der Waals surface area contributed by atoms with Crippen LogP contribution in [0.2, 0.25) is 0 Å². The van der Waals surface area contributed by atoms with Crippen molar-refractivity contribution in [1.29, 1.82) is 0 Å². The highest BCUT2D eigenvalue weighted by molar-refractivity contribution is 5.94. The van der Waals surface area contributed by atoms with Crippen LogP contribution in [-0.2, 0) is 6.18 Å². The highest BCUT2D eigenvalue weighted by Gasteiger charge is 2.31. The largest absolute Gasteiger partial charge is 0.416 e. The van der Waals surface area contributed by atoms with Crippen LogP contribution >= 0.6 is 0 Å². The summed E-state index contributed by atoms with van der Waals surface area (Å²) in [7, 11) is 1.66. The van der Waals surface area contributed by atoms with E-state index in [1.54, 1.807) is 19.2 Å². The lowest BCUT2D eigenvalue weighted by Gasteiger charge is -2.28. The summed E-state index contributed by atoms with van der Waals surface area (Å²) < 4.78 is 51.8. The van der Waals surface area contributed by atoms with Crippen molar-refractivity contribution in [1.82, 2.24) is 10.6 Å². The van der Waals surface area contributed by atoms with Crippen molar-refractivity contribution in [2.24, 2.45) is 0 Å². The summed E-state index contributed by atoms with van der Waals surface area (Å²) in [5.74, 6) is -1.12. The molecule has 0 radical (unpaired) electrons. The fourth-order valence-electron chi connectivity index (χ4n) is 2.98. The number of carbonyl (C=O) groups is 1. The molecule has 0 fully saturated rings. The van der Waals surface area contributed by atoms with Crippen LogP contribution in [0, 0.1) is 5.82 Å². The molecule has 2 atom stereocenters. The Morgan fingerprint density at radius 1 is 1.11 bits per heavy atom. The molecule has 1 amide bonds. The van der Waals surface area contributed by atoms with Crippen molar-refractivity contribution < 1.29 is 22.4 Å². The van der Waals surface area contributed by atoms with Gasteiger partial charge >= 0.3 is 6.18 Å². The van der Waals surface area contributed by atoms with Crippen LogP contribution in [-0.4, -0.2) is 19.1 Å². The average molecular weight is 382 g/mol. The molecule has 146 valence electrons. The molecule has 2 rings (SSSR count). The van der Waals surface area contributed by atoms with Crippen LogP contribution in [0.4, 0.5) is 17.6 Å². The van der Waals surface area contributed by atoms with Crippen molar-refractivity contribution in [2.45, 2.75) is 38.0 Å². The van der Waals surface area contributed by atoms with Crippen molar-refractivity contribution in [3.8, 4) is 0 Å². The zero-order valence-electron chi connectivity index (χ0n) is 15.1. The summed E-state index contributed by atoms with van der Waals surface area (Å²) in [5.41, 5.74) is -0.110. The molecule has 2 aromatic rings. The smallest absolute Gasteiger partial charge is 0.336 e. The van der Waals surface area contributed by atoms with Gasteiger partial charge in [-0.2, -0.15) is 13.2 Å². The first-order valence-electron chi connectivity index (χ1n) is 8.67. The van der Waals surface area contributed by atoms with Crippen LogP contribution < -0.4 is 10.6 Å². The molecule has 2 aromatic carbocycles. The van der Waals surface area contributed by atoms with E-state index in [1.165, 1.54) is 24.3 Å². The molecule has 0 saturated carbocycles. The van der Waals surface area contributed by atoms with Crippen molar-refractivity contribution in [3.05, 3.63) is 71.0 Å². The molecule has 0 aliphatic carbocycles. The maximum Gasteiger partial charge on any atom is 0.416 e. The Bertz CT molecular complexity index is 759. The van der Waals surface area contributed by atoms with E-state index in [2.05, 4.69) is 10.6 Å². The number of rotatable bonds is 7. The van der Waals surface area contributed by atoms with E-state index in [-0.39, 0.29) is 17.3 Å². The zero-order valence-corrected chi connectivity index (χ0v) is 15.1. The standard InChI is InChI=1S/C20H22F4N2O/c1-3-5-17(13-8-10-16(21)11-9-13)18(25-2)26-19(27)14-6-4-7-15(12-14)20(22,23)24/h4,6-12,17-18,25H,3,5H2,1-2H3,(H,26,27). The molecule has 0 heterocycles. The van der Waals surface area contributed by atoms with Gasteiger partial charge in [-0.05, 0) is 49.4 Å². The monoisotopic (exact) mass is 382 g/mol. The van der Waals surface area contributed by atoms with Crippen molar-refractivity contribution in [2.75, 3.05) is 7.05 Å². The molecule has 3 nitrogen and oxygen atoms in total. The van der Waals surface area contributed by atoms with Gasteiger partial charge in [0.1, 0.15) is 5.82 Å². The van der Waals surface area contributed by atoms with E-state index in [9.17, 15) is 22.4 Å². The maximum atomic E-state index is 13.2. The number of nitrogens with one attached hydrogen (secondary N) is 2. The normalized spacial score (nSPS) is 13.9. The number of carbonyl (C=O) groups excluding carboxylic acids is 1. The Labute approximate surface area is 155 Å². The highest BCUT2D eigenvalue weighted by Crippen LogP contribution is 2.30. The molecule has 2 N–H and O–H groups in total. The van der Waals surface area contributed by atoms with Gasteiger partial charge in [-0.15, -0.1) is 0 Å². The topological polar surface area (TPSA) is 41.1 Å². The van der Waals surface area contributed by atoms with Gasteiger partial charge in [0, 0.05) is 11.5 Å². The highest BCUT2D eigenvalue weighted by atomic mass is 19.4. The number of likely N-dealkylation sites (N-methyl/N-ethyl adjacent to an activating group) is 1. The van der Waals surface area contributed by atoms with E-state index in [1.807, 2.05) is 6.92 Å². The molecule has 0 spiro atoms. The fourth-order valence-corrected chi connectivity index (χ4v) is 2.98. The van der Waals surface area contributed by atoms with Crippen LogP contribution in [0.15, 0.2) is 48.5 Å². The summed E-state index contributed by atoms with van der Waals surface area (Å²) in [6, 6.07) is 10.3. The fraction of sp³-hybridized carbons (Fsp3) is 0.350. The second-order valence-corrected chi connectivity index (χ2v) is 6.27. The quantitative estimate of drug-likeness (QED) is 0.538. The number of hydrogen-bond donors (Lipinski definition) is 2. The number of hydrogen-bond acceptors (Lipinski definition) is 2. The lowest BCUT2D eigenvalue weighted by molar-refractivity contribution is -0.137. The third-order valence-corrected chi connectivity index (χ3v) is 4.35. The third kappa shape index (κ3) is 5.53. The van der Waals surface area contributed by atoms with E-state index in [4.69, 9.17) is 0 Å². The minimum Gasteiger partial charge on any atom is -0.336 e. The van der Waals surface area contributed by atoms with Gasteiger partial charge in [-0.1, -0.05) is 31.5 Å². The van der Waals surface area contributed by atoms with E-state index in [0.717, 1.165) is 24.1 Å². The van der Waals surface area contributed by atoms with Crippen LogP contribution in [0.5, 0.6) is 0 Å². The summed E-state index contributed by atoms with van der Waals surface area (Å²) in [4.78, 5) is 12.5. The Kier molecular flexibility index (Phi) is 6.96.